The largest absolute Gasteiger partial charge is 0.481 e. The first-order valence-electron chi connectivity index (χ1n) is 9.38. The molecule has 0 fully saturated rings. The fourth-order valence-electron chi connectivity index (χ4n) is 2.52. The van der Waals surface area contributed by atoms with Crippen LogP contribution in [0.25, 0.3) is 0 Å². The molecular formula is C19H28IN3O8S2. The Morgan fingerprint density at radius 1 is 0.818 bits per heavy atom. The van der Waals surface area contributed by atoms with Gasteiger partial charge in [0.1, 0.15) is 12.1 Å². The van der Waals surface area contributed by atoms with Crippen LogP contribution in [0.3, 0.4) is 0 Å². The molecule has 11 nitrogen and oxygen atoms in total. The summed E-state index contributed by atoms with van der Waals surface area (Å²) in [4.78, 5) is 56.9. The van der Waals surface area contributed by atoms with E-state index in [9.17, 15) is 29.1 Å². The molecule has 6 N–H and O–H groups in total. The lowest BCUT2D eigenvalue weighted by atomic mass is 10.1. The van der Waals surface area contributed by atoms with Crippen LogP contribution in [0, 0.1) is 3.57 Å². The van der Waals surface area contributed by atoms with Crippen LogP contribution in [-0.4, -0.2) is 63.8 Å². The summed E-state index contributed by atoms with van der Waals surface area (Å²) in [6.07, 6.45) is 0.115. The number of aliphatic carboxylic acids is 3. The number of carboxylic acid groups (broad SMARTS) is 3. The Hall–Kier alpha value is -2.20. The van der Waals surface area contributed by atoms with Crippen molar-refractivity contribution in [2.45, 2.75) is 44.2 Å². The van der Waals surface area contributed by atoms with Crippen LogP contribution in [0.15, 0.2) is 24.3 Å². The molecule has 3 amide bonds. The second kappa shape index (κ2) is 17.3. The zero-order chi connectivity index (χ0) is 23.4. The number of carboxylic acids is 3. The van der Waals surface area contributed by atoms with Gasteiger partial charge in [-0.3, -0.25) is 9.59 Å². The Kier molecular flexibility index (Phi) is 17.3. The Labute approximate surface area is 218 Å². The Morgan fingerprint density at radius 2 is 1.33 bits per heavy atom. The van der Waals surface area contributed by atoms with Crippen molar-refractivity contribution >= 4 is 79.4 Å². The van der Waals surface area contributed by atoms with E-state index in [1.54, 1.807) is 24.3 Å². The monoisotopic (exact) mass is 615 g/mol. The lowest BCUT2D eigenvalue weighted by Gasteiger charge is -2.18. The summed E-state index contributed by atoms with van der Waals surface area (Å²) in [5, 5.41) is 33.9. The molecule has 0 radical (unpaired) electrons. The molecular weight excluding hydrogens is 587 g/mol. The molecule has 0 bridgehead atoms. The van der Waals surface area contributed by atoms with Gasteiger partial charge in [-0.15, -0.1) is 0 Å². The number of nitrogens with one attached hydrogen (secondary N) is 3. The minimum absolute atomic E-state index is 0. The second-order valence-electron chi connectivity index (χ2n) is 6.59. The second-order valence-corrected chi connectivity index (χ2v) is 7.84. The predicted octanol–water partition coefficient (Wildman–Crippen LogP) is 1.49. The third-order valence-electron chi connectivity index (χ3n) is 4.17. The maximum absolute atomic E-state index is 12.0. The van der Waals surface area contributed by atoms with Crippen molar-refractivity contribution in [2.24, 2.45) is 0 Å². The summed E-state index contributed by atoms with van der Waals surface area (Å²) in [6, 6.07) is 3.27. The number of benzene rings is 1. The quantitative estimate of drug-likeness (QED) is 0.143. The predicted molar refractivity (Wildman–Crippen MR) is 137 cm³/mol. The van der Waals surface area contributed by atoms with E-state index < -0.39 is 42.4 Å². The van der Waals surface area contributed by atoms with Crippen molar-refractivity contribution in [3.05, 3.63) is 33.4 Å². The van der Waals surface area contributed by atoms with E-state index in [-0.39, 0.29) is 45.7 Å². The first-order chi connectivity index (χ1) is 14.6. The van der Waals surface area contributed by atoms with Gasteiger partial charge >= 0.3 is 23.9 Å². The van der Waals surface area contributed by atoms with Crippen LogP contribution in [0.2, 0.25) is 0 Å². The van der Waals surface area contributed by atoms with E-state index in [1.165, 1.54) is 0 Å². The molecule has 1 aromatic rings. The minimum Gasteiger partial charge on any atom is -0.481 e. The van der Waals surface area contributed by atoms with Crippen LogP contribution >= 0.6 is 49.6 Å². The number of carbonyl (C=O) groups is 5. The molecule has 1 aromatic carbocycles. The number of halogens is 1. The molecule has 2 atom stereocenters. The van der Waals surface area contributed by atoms with Gasteiger partial charge < -0.3 is 31.3 Å². The van der Waals surface area contributed by atoms with Gasteiger partial charge in [0.25, 0.3) is 5.91 Å². The standard InChI is InChI=1S/C19H24IN3O8.2H2S/c20-12-6-4-11(5-7-12)16(26)21-10-2-1-3-13(17(27)28)22-19(31)23-14(18(29)30)8-9-15(24)25;;/h4-7,13-14H,1-3,8-10H2,(H,21,26)(H,24,25)(H,27,28)(H,29,30)(H2,22,23,31);2*1H2/t13-,14-;;/m0../s1/i20-2;;. The third-order valence-corrected chi connectivity index (χ3v) is 4.88. The molecule has 0 aliphatic carbocycles. The molecule has 0 aliphatic heterocycles. The molecule has 0 unspecified atom stereocenters. The van der Waals surface area contributed by atoms with Crippen molar-refractivity contribution in [1.82, 2.24) is 16.0 Å². The molecule has 33 heavy (non-hydrogen) atoms. The van der Waals surface area contributed by atoms with Gasteiger partial charge in [-0.2, -0.15) is 27.0 Å². The fourth-order valence-corrected chi connectivity index (χ4v) is 2.88. The Balaban J connectivity index is 0. The van der Waals surface area contributed by atoms with Gasteiger partial charge in [0.2, 0.25) is 0 Å². The molecule has 0 aliphatic rings. The summed E-state index contributed by atoms with van der Waals surface area (Å²) in [6.45, 7) is 0.319. The van der Waals surface area contributed by atoms with Crippen molar-refractivity contribution in [3.8, 4) is 0 Å². The lowest BCUT2D eigenvalue weighted by Crippen LogP contribution is -2.51. The molecule has 1 rings (SSSR count). The highest BCUT2D eigenvalue weighted by molar-refractivity contribution is 14.1. The first-order valence-corrected chi connectivity index (χ1v) is 10.5. The number of hydrogen-bond acceptors (Lipinski definition) is 5. The number of urea groups is 1. The Bertz CT molecular complexity index is 811. The summed E-state index contributed by atoms with van der Waals surface area (Å²) < 4.78 is 1.00. The fraction of sp³-hybridized carbons (Fsp3) is 0.421. The maximum Gasteiger partial charge on any atom is 0.326 e. The number of unbranched alkanes of at least 4 members (excludes halogenated alkanes) is 1. The normalized spacial score (nSPS) is 11.5. The number of hydrogen-bond donors (Lipinski definition) is 6. The summed E-state index contributed by atoms with van der Waals surface area (Å²) in [5.41, 5.74) is 0.512. The Morgan fingerprint density at radius 3 is 1.82 bits per heavy atom. The van der Waals surface area contributed by atoms with Gasteiger partial charge in [0.15, 0.2) is 0 Å². The topological polar surface area (TPSA) is 182 Å². The summed E-state index contributed by atoms with van der Waals surface area (Å²) in [5.74, 6) is -4.18. The van der Waals surface area contributed by atoms with Gasteiger partial charge in [-0.05, 0) is 72.5 Å². The summed E-state index contributed by atoms with van der Waals surface area (Å²) in [7, 11) is 0. The van der Waals surface area contributed by atoms with Gasteiger partial charge in [-0.1, -0.05) is 0 Å². The van der Waals surface area contributed by atoms with Crippen LogP contribution in [-0.2, 0) is 14.4 Å². The highest BCUT2D eigenvalue weighted by Crippen LogP contribution is 2.07. The van der Waals surface area contributed by atoms with E-state index in [0.29, 0.717) is 24.9 Å². The maximum atomic E-state index is 12.0. The number of amides is 3. The number of carbonyl (C=O) groups excluding carboxylic acids is 2. The van der Waals surface area contributed by atoms with Crippen molar-refractivity contribution in [3.63, 3.8) is 0 Å². The van der Waals surface area contributed by atoms with E-state index >= 15 is 0 Å². The third kappa shape index (κ3) is 13.8. The molecule has 186 valence electrons. The van der Waals surface area contributed by atoms with E-state index in [2.05, 4.69) is 38.5 Å². The average Bonchev–Trinajstić information content (AvgIpc) is 2.69. The SMILES string of the molecule is O=C(O)CC[C@H](NC(=O)N[C@@H](CCCCNC(=O)c1ccc([125I])cc1)C(=O)O)C(=O)O.S.S. The van der Waals surface area contributed by atoms with Crippen molar-refractivity contribution in [1.29, 1.82) is 0 Å². The molecule has 0 saturated carbocycles. The molecule has 0 heterocycles. The highest BCUT2D eigenvalue weighted by Gasteiger charge is 2.24. The average molecular weight is 615 g/mol. The van der Waals surface area contributed by atoms with Crippen LogP contribution in [0.4, 0.5) is 4.79 Å². The van der Waals surface area contributed by atoms with Crippen molar-refractivity contribution < 1.29 is 39.3 Å². The molecule has 0 spiro atoms. The lowest BCUT2D eigenvalue weighted by molar-refractivity contribution is -0.140. The molecule has 0 aromatic heterocycles. The zero-order valence-corrected chi connectivity index (χ0v) is 21.6. The van der Waals surface area contributed by atoms with E-state index in [1.807, 2.05) is 0 Å². The van der Waals surface area contributed by atoms with Crippen LogP contribution in [0.1, 0.15) is 42.5 Å². The highest BCUT2D eigenvalue weighted by atomic mass is 125. The van der Waals surface area contributed by atoms with Gasteiger partial charge in [0, 0.05) is 22.1 Å². The van der Waals surface area contributed by atoms with Gasteiger partial charge in [-0.25, -0.2) is 14.4 Å². The van der Waals surface area contributed by atoms with Gasteiger partial charge in [0.05, 0.1) is 0 Å². The molecule has 14 heteroatoms. The first kappa shape index (κ1) is 33.0. The van der Waals surface area contributed by atoms with Crippen LogP contribution in [0.5, 0.6) is 0 Å². The smallest absolute Gasteiger partial charge is 0.326 e. The minimum atomic E-state index is -1.46. The van der Waals surface area contributed by atoms with Crippen LogP contribution < -0.4 is 16.0 Å². The van der Waals surface area contributed by atoms with E-state index in [4.69, 9.17) is 10.2 Å². The molecule has 0 saturated heterocycles. The van der Waals surface area contributed by atoms with Crippen molar-refractivity contribution in [2.75, 3.05) is 6.54 Å². The van der Waals surface area contributed by atoms with E-state index in [0.717, 1.165) is 3.57 Å². The summed E-state index contributed by atoms with van der Waals surface area (Å²) >= 11 is 2.13. The zero-order valence-electron chi connectivity index (χ0n) is 17.5. The number of rotatable bonds is 13.